The number of halogens is 1. The minimum Gasteiger partial charge on any atom is -0.335 e. The molecule has 0 aliphatic rings. The van der Waals surface area contributed by atoms with Crippen molar-refractivity contribution in [3.05, 3.63) is 35.5 Å². The fourth-order valence-electron chi connectivity index (χ4n) is 1.72. The lowest BCUT2D eigenvalue weighted by Crippen LogP contribution is -1.96. The molecule has 1 heterocycles. The van der Waals surface area contributed by atoms with E-state index >= 15 is 0 Å². The van der Waals surface area contributed by atoms with E-state index in [4.69, 9.17) is 16.9 Å². The van der Waals surface area contributed by atoms with Crippen molar-refractivity contribution in [1.29, 1.82) is 5.26 Å². The summed E-state index contributed by atoms with van der Waals surface area (Å²) in [5.41, 5.74) is 1.42. The van der Waals surface area contributed by atoms with E-state index in [1.165, 1.54) is 0 Å². The van der Waals surface area contributed by atoms with Crippen molar-refractivity contribution < 1.29 is 4.79 Å². The molecule has 0 saturated heterocycles. The molecule has 0 spiro atoms. The van der Waals surface area contributed by atoms with Gasteiger partial charge in [-0.3, -0.25) is 4.79 Å². The van der Waals surface area contributed by atoms with Crippen LogP contribution in [0.3, 0.4) is 0 Å². The lowest BCUT2D eigenvalue weighted by molar-refractivity contribution is 0.108. The number of rotatable bonds is 1. The molecule has 0 amide bonds. The molecule has 1 aromatic carbocycles. The maximum atomic E-state index is 11.3. The van der Waals surface area contributed by atoms with E-state index in [0.717, 1.165) is 10.9 Å². The third-order valence-corrected chi connectivity index (χ3v) is 2.60. The highest BCUT2D eigenvalue weighted by Crippen LogP contribution is 2.25. The van der Waals surface area contributed by atoms with Gasteiger partial charge in [0.1, 0.15) is 11.8 Å². The quantitative estimate of drug-likeness (QED) is 0.690. The van der Waals surface area contributed by atoms with Crippen LogP contribution in [0.5, 0.6) is 0 Å². The number of hydrogen-bond donors (Lipinski definition) is 0. The minimum atomic E-state index is -0.594. The van der Waals surface area contributed by atoms with Crippen LogP contribution in [0.4, 0.5) is 0 Å². The summed E-state index contributed by atoms with van der Waals surface area (Å²) >= 11 is 5.48. The van der Waals surface area contributed by atoms with Gasteiger partial charge in [0, 0.05) is 18.0 Å². The summed E-state index contributed by atoms with van der Waals surface area (Å²) in [4.78, 5) is 11.3. The molecule has 0 radical (unpaired) electrons. The topological polar surface area (TPSA) is 45.8 Å². The second-order valence-corrected chi connectivity index (χ2v) is 3.53. The van der Waals surface area contributed by atoms with Crippen LogP contribution >= 0.6 is 11.6 Å². The van der Waals surface area contributed by atoms with E-state index < -0.39 is 5.24 Å². The van der Waals surface area contributed by atoms with Crippen molar-refractivity contribution in [1.82, 2.24) is 4.57 Å². The van der Waals surface area contributed by atoms with Crippen LogP contribution in [0, 0.1) is 11.3 Å². The second-order valence-electron chi connectivity index (χ2n) is 3.19. The van der Waals surface area contributed by atoms with Crippen LogP contribution in [0.2, 0.25) is 0 Å². The third kappa shape index (κ3) is 1.31. The molecule has 4 heteroatoms. The van der Waals surface area contributed by atoms with E-state index in [-0.39, 0.29) is 5.56 Å². The highest BCUT2D eigenvalue weighted by molar-refractivity contribution is 6.69. The Hall–Kier alpha value is -1.79. The summed E-state index contributed by atoms with van der Waals surface area (Å²) in [5, 5.41) is 9.09. The number of benzene rings is 1. The molecular weight excluding hydrogens is 212 g/mol. The van der Waals surface area contributed by atoms with Crippen molar-refractivity contribution in [3.8, 4) is 6.07 Å². The van der Waals surface area contributed by atoms with Crippen molar-refractivity contribution in [2.24, 2.45) is 7.05 Å². The summed E-state index contributed by atoms with van der Waals surface area (Å²) in [6.45, 7) is 0. The molecule has 0 saturated carbocycles. The normalized spacial score (nSPS) is 10.2. The second kappa shape index (κ2) is 3.41. The number of fused-ring (bicyclic) bond motifs is 1. The van der Waals surface area contributed by atoms with E-state index in [1.807, 2.05) is 24.3 Å². The lowest BCUT2D eigenvalue weighted by Gasteiger charge is -1.94. The molecule has 0 bridgehead atoms. The van der Waals surface area contributed by atoms with Gasteiger partial charge in [-0.1, -0.05) is 18.2 Å². The maximum absolute atomic E-state index is 11.3. The first-order valence-electron chi connectivity index (χ1n) is 4.34. The molecule has 0 aliphatic heterocycles. The molecule has 0 aliphatic carbocycles. The molecule has 2 aromatic rings. The average molecular weight is 219 g/mol. The van der Waals surface area contributed by atoms with Crippen LogP contribution in [0.15, 0.2) is 24.3 Å². The zero-order chi connectivity index (χ0) is 11.0. The molecule has 0 atom stereocenters. The molecule has 0 fully saturated rings. The van der Waals surface area contributed by atoms with Crippen molar-refractivity contribution in [2.75, 3.05) is 0 Å². The highest BCUT2D eigenvalue weighted by Gasteiger charge is 2.18. The fraction of sp³-hybridized carbons (Fsp3) is 0.0909. The zero-order valence-corrected chi connectivity index (χ0v) is 8.75. The lowest BCUT2D eigenvalue weighted by atomic mass is 10.1. The Morgan fingerprint density at radius 1 is 1.47 bits per heavy atom. The summed E-state index contributed by atoms with van der Waals surface area (Å²) in [5.74, 6) is 0. The average Bonchev–Trinajstić information content (AvgIpc) is 2.52. The van der Waals surface area contributed by atoms with Gasteiger partial charge in [0.25, 0.3) is 5.24 Å². The number of aryl methyl sites for hydroxylation is 1. The summed E-state index contributed by atoms with van der Waals surface area (Å²) in [7, 11) is 1.74. The SMILES string of the molecule is Cn1c(C#N)c(C(=O)Cl)c2ccccc21. The molecule has 1 aromatic heterocycles. The van der Waals surface area contributed by atoms with Gasteiger partial charge in [0.15, 0.2) is 0 Å². The Morgan fingerprint density at radius 2 is 2.13 bits per heavy atom. The van der Waals surface area contributed by atoms with Gasteiger partial charge in [0.05, 0.1) is 5.56 Å². The van der Waals surface area contributed by atoms with E-state index in [1.54, 1.807) is 17.7 Å². The number of carbonyl (C=O) groups is 1. The van der Waals surface area contributed by atoms with Gasteiger partial charge >= 0.3 is 0 Å². The number of hydrogen-bond acceptors (Lipinski definition) is 2. The standard InChI is InChI=1S/C11H7ClN2O/c1-14-8-5-3-2-4-7(8)10(11(12)15)9(14)6-13/h2-5H,1H3. The molecule has 15 heavy (non-hydrogen) atoms. The summed E-state index contributed by atoms with van der Waals surface area (Å²) in [6, 6.07) is 9.29. The predicted molar refractivity (Wildman–Crippen MR) is 57.8 cm³/mol. The van der Waals surface area contributed by atoms with E-state index in [9.17, 15) is 4.79 Å². The largest absolute Gasteiger partial charge is 0.335 e. The van der Waals surface area contributed by atoms with Crippen LogP contribution < -0.4 is 0 Å². The van der Waals surface area contributed by atoms with Gasteiger partial charge in [-0.05, 0) is 17.7 Å². The Bertz CT molecular complexity index is 592. The van der Waals surface area contributed by atoms with Gasteiger partial charge in [0.2, 0.25) is 0 Å². The number of nitriles is 1. The summed E-state index contributed by atoms with van der Waals surface area (Å²) in [6.07, 6.45) is 0. The van der Waals surface area contributed by atoms with Gasteiger partial charge in [-0.15, -0.1) is 0 Å². The Kier molecular flexibility index (Phi) is 2.22. The van der Waals surface area contributed by atoms with Crippen LogP contribution in [-0.2, 0) is 7.05 Å². The van der Waals surface area contributed by atoms with Crippen LogP contribution in [0.1, 0.15) is 16.1 Å². The molecule has 2 rings (SSSR count). The van der Waals surface area contributed by atoms with Gasteiger partial charge in [-0.2, -0.15) is 5.26 Å². The minimum absolute atomic E-state index is 0.289. The Morgan fingerprint density at radius 3 is 2.73 bits per heavy atom. The maximum Gasteiger partial charge on any atom is 0.255 e. The van der Waals surface area contributed by atoms with Crippen LogP contribution in [0.25, 0.3) is 10.9 Å². The Labute approximate surface area is 91.5 Å². The number of carbonyl (C=O) groups excluding carboxylic acids is 1. The smallest absolute Gasteiger partial charge is 0.255 e. The van der Waals surface area contributed by atoms with Gasteiger partial charge < -0.3 is 4.57 Å². The van der Waals surface area contributed by atoms with Crippen molar-refractivity contribution in [2.45, 2.75) is 0 Å². The Balaban J connectivity index is 2.99. The van der Waals surface area contributed by atoms with E-state index in [2.05, 4.69) is 0 Å². The number of aromatic nitrogens is 1. The first-order chi connectivity index (χ1) is 7.16. The molecule has 0 N–H and O–H groups in total. The summed E-state index contributed by atoms with van der Waals surface area (Å²) < 4.78 is 1.67. The van der Waals surface area contributed by atoms with Gasteiger partial charge in [-0.25, -0.2) is 0 Å². The van der Waals surface area contributed by atoms with Crippen molar-refractivity contribution >= 4 is 27.7 Å². The molecule has 0 unspecified atom stereocenters. The fourth-order valence-corrected chi connectivity index (χ4v) is 1.91. The van der Waals surface area contributed by atoms with Crippen LogP contribution in [-0.4, -0.2) is 9.81 Å². The first-order valence-corrected chi connectivity index (χ1v) is 4.72. The molecule has 3 nitrogen and oxygen atoms in total. The monoisotopic (exact) mass is 218 g/mol. The third-order valence-electron chi connectivity index (χ3n) is 2.41. The first kappa shape index (κ1) is 9.75. The predicted octanol–water partition coefficient (Wildman–Crippen LogP) is 2.43. The van der Waals surface area contributed by atoms with Crippen molar-refractivity contribution in [3.63, 3.8) is 0 Å². The number of nitrogens with zero attached hydrogens (tertiary/aromatic N) is 2. The van der Waals surface area contributed by atoms with E-state index in [0.29, 0.717) is 5.69 Å². The zero-order valence-electron chi connectivity index (χ0n) is 7.99. The molecule has 74 valence electrons. The molecular formula is C11H7ClN2O. The highest BCUT2D eigenvalue weighted by atomic mass is 35.5. The number of para-hydroxylation sites is 1.